The highest BCUT2D eigenvalue weighted by molar-refractivity contribution is 7.80. The molecule has 0 fully saturated rings. The molecule has 1 aliphatic rings. The molecule has 1 aliphatic heterocycles. The van der Waals surface area contributed by atoms with Crippen molar-refractivity contribution in [1.82, 2.24) is 14.5 Å². The van der Waals surface area contributed by atoms with E-state index in [0.29, 0.717) is 4.99 Å². The maximum Gasteiger partial charge on any atom is 0.141 e. The standard InChI is InChI=1S/C13H14N4S/c14-12(18)11-10-3-1-2-8-17(10)13(16-11)9-4-6-15-7-5-9/h4-7H,1-3,8H2,(H2,14,18). The van der Waals surface area contributed by atoms with E-state index in [-0.39, 0.29) is 0 Å². The number of nitrogens with zero attached hydrogens (tertiary/aromatic N) is 3. The lowest BCUT2D eigenvalue weighted by atomic mass is 10.1. The van der Waals surface area contributed by atoms with Crippen LogP contribution in [-0.2, 0) is 13.0 Å². The van der Waals surface area contributed by atoms with Gasteiger partial charge in [-0.1, -0.05) is 12.2 Å². The predicted octanol–water partition coefficient (Wildman–Crippen LogP) is 1.92. The predicted molar refractivity (Wildman–Crippen MR) is 74.3 cm³/mol. The van der Waals surface area contributed by atoms with Crippen LogP contribution in [0.2, 0.25) is 0 Å². The summed E-state index contributed by atoms with van der Waals surface area (Å²) in [5.74, 6) is 0.954. The zero-order chi connectivity index (χ0) is 12.5. The Labute approximate surface area is 111 Å². The van der Waals surface area contributed by atoms with Gasteiger partial charge in [0.2, 0.25) is 0 Å². The van der Waals surface area contributed by atoms with Gasteiger partial charge in [0.05, 0.1) is 0 Å². The molecule has 2 aromatic heterocycles. The summed E-state index contributed by atoms with van der Waals surface area (Å²) < 4.78 is 2.24. The fraction of sp³-hybridized carbons (Fsp3) is 0.308. The van der Waals surface area contributed by atoms with E-state index in [0.717, 1.165) is 30.0 Å². The van der Waals surface area contributed by atoms with E-state index in [4.69, 9.17) is 18.0 Å². The van der Waals surface area contributed by atoms with Crippen LogP contribution in [0.4, 0.5) is 0 Å². The first-order chi connectivity index (χ1) is 8.77. The van der Waals surface area contributed by atoms with Crippen molar-refractivity contribution < 1.29 is 0 Å². The molecule has 2 N–H and O–H groups in total. The van der Waals surface area contributed by atoms with Gasteiger partial charge in [0.15, 0.2) is 0 Å². The van der Waals surface area contributed by atoms with Gasteiger partial charge in [-0.15, -0.1) is 0 Å². The van der Waals surface area contributed by atoms with Gasteiger partial charge in [0.25, 0.3) is 0 Å². The SMILES string of the molecule is NC(=S)c1nc(-c2ccncc2)n2c1CCCC2. The summed E-state index contributed by atoms with van der Waals surface area (Å²) in [6.45, 7) is 0.989. The van der Waals surface area contributed by atoms with E-state index >= 15 is 0 Å². The van der Waals surface area contributed by atoms with Crippen LogP contribution in [0.15, 0.2) is 24.5 Å². The summed E-state index contributed by atoms with van der Waals surface area (Å²) in [6, 6.07) is 3.93. The summed E-state index contributed by atoms with van der Waals surface area (Å²) in [4.78, 5) is 9.06. The molecule has 2 aromatic rings. The topological polar surface area (TPSA) is 56.7 Å². The molecule has 4 nitrogen and oxygen atoms in total. The minimum atomic E-state index is 0.390. The molecule has 0 aromatic carbocycles. The summed E-state index contributed by atoms with van der Waals surface area (Å²) in [6.07, 6.45) is 6.92. The Morgan fingerprint density at radius 2 is 2.06 bits per heavy atom. The van der Waals surface area contributed by atoms with Gasteiger partial charge in [-0.2, -0.15) is 0 Å². The van der Waals surface area contributed by atoms with Crippen LogP contribution in [0.5, 0.6) is 0 Å². The number of nitrogens with two attached hydrogens (primary N) is 1. The minimum absolute atomic E-state index is 0.390. The molecule has 0 aliphatic carbocycles. The van der Waals surface area contributed by atoms with Crippen LogP contribution >= 0.6 is 12.2 Å². The summed E-state index contributed by atoms with van der Waals surface area (Å²) in [7, 11) is 0. The highest BCUT2D eigenvalue weighted by Crippen LogP contribution is 2.27. The molecule has 0 radical (unpaired) electrons. The second kappa shape index (κ2) is 4.49. The van der Waals surface area contributed by atoms with Gasteiger partial charge >= 0.3 is 0 Å². The zero-order valence-electron chi connectivity index (χ0n) is 9.97. The Kier molecular flexibility index (Phi) is 2.83. The zero-order valence-corrected chi connectivity index (χ0v) is 10.8. The minimum Gasteiger partial charge on any atom is -0.388 e. The molecule has 92 valence electrons. The number of imidazole rings is 1. The molecular weight excluding hydrogens is 244 g/mol. The molecule has 0 spiro atoms. The Hall–Kier alpha value is -1.75. The summed E-state index contributed by atoms with van der Waals surface area (Å²) in [5, 5.41) is 0. The van der Waals surface area contributed by atoms with Crippen molar-refractivity contribution in [2.75, 3.05) is 0 Å². The molecule has 0 bridgehead atoms. The fourth-order valence-electron chi connectivity index (χ4n) is 2.46. The number of rotatable bonds is 2. The van der Waals surface area contributed by atoms with Gasteiger partial charge in [-0.05, 0) is 31.4 Å². The molecule has 0 amide bonds. The van der Waals surface area contributed by atoms with Crippen LogP contribution in [0, 0.1) is 0 Å². The van der Waals surface area contributed by atoms with Gasteiger partial charge < -0.3 is 10.3 Å². The van der Waals surface area contributed by atoms with E-state index in [1.165, 1.54) is 18.5 Å². The molecule has 3 heterocycles. The van der Waals surface area contributed by atoms with Crippen molar-refractivity contribution in [3.05, 3.63) is 35.9 Å². The van der Waals surface area contributed by atoms with Gasteiger partial charge in [0, 0.05) is 30.2 Å². The van der Waals surface area contributed by atoms with E-state index < -0.39 is 0 Å². The van der Waals surface area contributed by atoms with Crippen molar-refractivity contribution >= 4 is 17.2 Å². The summed E-state index contributed by atoms with van der Waals surface area (Å²) in [5.41, 5.74) is 8.81. The first-order valence-electron chi connectivity index (χ1n) is 6.07. The Morgan fingerprint density at radius 1 is 1.28 bits per heavy atom. The maximum absolute atomic E-state index is 5.77. The summed E-state index contributed by atoms with van der Waals surface area (Å²) >= 11 is 5.10. The number of fused-ring (bicyclic) bond motifs is 1. The van der Waals surface area contributed by atoms with Crippen LogP contribution in [-0.4, -0.2) is 19.5 Å². The first kappa shape index (κ1) is 11.3. The van der Waals surface area contributed by atoms with Crippen molar-refractivity contribution in [2.45, 2.75) is 25.8 Å². The first-order valence-corrected chi connectivity index (χ1v) is 6.48. The Morgan fingerprint density at radius 3 is 2.78 bits per heavy atom. The van der Waals surface area contributed by atoms with Crippen molar-refractivity contribution in [2.24, 2.45) is 5.73 Å². The smallest absolute Gasteiger partial charge is 0.141 e. The molecule has 0 unspecified atom stereocenters. The third-order valence-corrected chi connectivity index (χ3v) is 3.48. The lowest BCUT2D eigenvalue weighted by Crippen LogP contribution is -2.16. The normalized spacial score (nSPS) is 14.2. The number of pyridine rings is 1. The molecule has 3 rings (SSSR count). The molecular formula is C13H14N4S. The second-order valence-electron chi connectivity index (χ2n) is 4.44. The van der Waals surface area contributed by atoms with Crippen LogP contribution in [0.3, 0.4) is 0 Å². The molecule has 0 saturated heterocycles. The third-order valence-electron chi connectivity index (χ3n) is 3.29. The van der Waals surface area contributed by atoms with Crippen molar-refractivity contribution in [3.8, 4) is 11.4 Å². The highest BCUT2D eigenvalue weighted by Gasteiger charge is 2.21. The van der Waals surface area contributed by atoms with E-state index in [1.807, 2.05) is 12.1 Å². The molecule has 0 saturated carbocycles. The molecule has 18 heavy (non-hydrogen) atoms. The quantitative estimate of drug-likeness (QED) is 0.836. The lowest BCUT2D eigenvalue weighted by Gasteiger charge is -2.17. The van der Waals surface area contributed by atoms with Crippen LogP contribution < -0.4 is 5.73 Å². The largest absolute Gasteiger partial charge is 0.388 e. The average molecular weight is 258 g/mol. The van der Waals surface area contributed by atoms with Crippen molar-refractivity contribution in [3.63, 3.8) is 0 Å². The molecule has 0 atom stereocenters. The number of aromatic nitrogens is 3. The van der Waals surface area contributed by atoms with E-state index in [9.17, 15) is 0 Å². The van der Waals surface area contributed by atoms with Crippen LogP contribution in [0.25, 0.3) is 11.4 Å². The van der Waals surface area contributed by atoms with Gasteiger partial charge in [-0.3, -0.25) is 4.98 Å². The van der Waals surface area contributed by atoms with Crippen LogP contribution in [0.1, 0.15) is 24.2 Å². The van der Waals surface area contributed by atoms with Gasteiger partial charge in [0.1, 0.15) is 16.5 Å². The average Bonchev–Trinajstić information content (AvgIpc) is 2.79. The number of hydrogen-bond donors (Lipinski definition) is 1. The highest BCUT2D eigenvalue weighted by atomic mass is 32.1. The van der Waals surface area contributed by atoms with Crippen molar-refractivity contribution in [1.29, 1.82) is 0 Å². The lowest BCUT2D eigenvalue weighted by molar-refractivity contribution is 0.536. The monoisotopic (exact) mass is 258 g/mol. The van der Waals surface area contributed by atoms with Gasteiger partial charge in [-0.25, -0.2) is 4.98 Å². The third kappa shape index (κ3) is 1.80. The fourth-order valence-corrected chi connectivity index (χ4v) is 2.63. The van der Waals surface area contributed by atoms with E-state index in [2.05, 4.69) is 14.5 Å². The second-order valence-corrected chi connectivity index (χ2v) is 4.88. The van der Waals surface area contributed by atoms with E-state index in [1.54, 1.807) is 12.4 Å². The number of hydrogen-bond acceptors (Lipinski definition) is 3. The molecule has 5 heteroatoms. The number of thiocarbonyl (C=S) groups is 1. The Balaban J connectivity index is 2.18. The Bertz CT molecular complexity index is 589. The maximum atomic E-state index is 5.77.